The average Bonchev–Trinajstić information content (AvgIpc) is 2.80. The molecule has 0 spiro atoms. The van der Waals surface area contributed by atoms with Gasteiger partial charge in [0.15, 0.2) is 0 Å². The summed E-state index contributed by atoms with van der Waals surface area (Å²) < 4.78 is 12.8. The fourth-order valence-electron chi connectivity index (χ4n) is 2.22. The van der Waals surface area contributed by atoms with Gasteiger partial charge < -0.3 is 14.5 Å². The molecule has 0 aliphatic heterocycles. The second-order valence-corrected chi connectivity index (χ2v) is 6.05. The molecule has 0 saturated heterocycles. The monoisotopic (exact) mass is 351 g/mol. The molecule has 0 amide bonds. The molecule has 3 nitrogen and oxygen atoms in total. The standard InChI is InChI=1S/C17H22BrNO2/c1-5-19-9-16-11(2)6-15(21-16)10-20-14-7-12(3)17(18)13(4)8-14/h6-8,19H,5,9-10H2,1-4H3. The van der Waals surface area contributed by atoms with Crippen LogP contribution in [0.1, 0.15) is 35.1 Å². The largest absolute Gasteiger partial charge is 0.486 e. The van der Waals surface area contributed by atoms with Crippen molar-refractivity contribution in [2.75, 3.05) is 6.54 Å². The lowest BCUT2D eigenvalue weighted by molar-refractivity contribution is 0.265. The Kier molecular flexibility index (Phi) is 5.48. The molecule has 0 aliphatic rings. The van der Waals surface area contributed by atoms with Crippen LogP contribution in [0, 0.1) is 20.8 Å². The van der Waals surface area contributed by atoms with E-state index in [1.165, 1.54) is 11.1 Å². The number of ether oxygens (including phenoxy) is 1. The van der Waals surface area contributed by atoms with E-state index in [1.54, 1.807) is 0 Å². The zero-order valence-corrected chi connectivity index (χ0v) is 14.6. The molecule has 0 fully saturated rings. The minimum atomic E-state index is 0.452. The Bertz CT molecular complexity index is 596. The highest BCUT2D eigenvalue weighted by Crippen LogP contribution is 2.27. The number of nitrogens with one attached hydrogen (secondary N) is 1. The van der Waals surface area contributed by atoms with Gasteiger partial charge in [-0.3, -0.25) is 0 Å². The molecule has 2 rings (SSSR count). The molecule has 0 aliphatic carbocycles. The van der Waals surface area contributed by atoms with E-state index in [4.69, 9.17) is 9.15 Å². The number of aryl methyl sites for hydroxylation is 3. The van der Waals surface area contributed by atoms with Crippen LogP contribution in [0.5, 0.6) is 5.75 Å². The molecule has 1 aromatic heterocycles. The molecule has 1 N–H and O–H groups in total. The van der Waals surface area contributed by atoms with Crippen LogP contribution < -0.4 is 10.1 Å². The molecule has 0 unspecified atom stereocenters. The third-order valence-electron chi connectivity index (χ3n) is 3.40. The summed E-state index contributed by atoms with van der Waals surface area (Å²) in [6, 6.07) is 6.12. The Morgan fingerprint density at radius 2 is 1.76 bits per heavy atom. The fraction of sp³-hybridized carbons (Fsp3) is 0.412. The SMILES string of the molecule is CCNCc1oc(COc2cc(C)c(Br)c(C)c2)cc1C. The molecule has 0 bridgehead atoms. The first-order valence-corrected chi connectivity index (χ1v) is 7.99. The Morgan fingerprint density at radius 3 is 2.38 bits per heavy atom. The van der Waals surface area contributed by atoms with Gasteiger partial charge in [0.25, 0.3) is 0 Å². The summed E-state index contributed by atoms with van der Waals surface area (Å²) in [4.78, 5) is 0. The molecular formula is C17H22BrNO2. The van der Waals surface area contributed by atoms with Gasteiger partial charge in [0, 0.05) is 4.47 Å². The molecule has 2 aromatic rings. The van der Waals surface area contributed by atoms with Gasteiger partial charge in [0.2, 0.25) is 0 Å². The van der Waals surface area contributed by atoms with Crippen molar-refractivity contribution in [1.29, 1.82) is 0 Å². The lowest BCUT2D eigenvalue weighted by Gasteiger charge is -2.09. The molecular weight excluding hydrogens is 330 g/mol. The van der Waals surface area contributed by atoms with Crippen molar-refractivity contribution in [3.63, 3.8) is 0 Å². The van der Waals surface area contributed by atoms with Crippen molar-refractivity contribution >= 4 is 15.9 Å². The molecule has 0 saturated carbocycles. The van der Waals surface area contributed by atoms with E-state index < -0.39 is 0 Å². The highest BCUT2D eigenvalue weighted by molar-refractivity contribution is 9.10. The van der Waals surface area contributed by atoms with Gasteiger partial charge in [-0.25, -0.2) is 0 Å². The molecule has 1 heterocycles. The van der Waals surface area contributed by atoms with Crippen molar-refractivity contribution in [2.24, 2.45) is 0 Å². The van der Waals surface area contributed by atoms with Crippen molar-refractivity contribution in [3.05, 3.63) is 50.9 Å². The number of hydrogen-bond donors (Lipinski definition) is 1. The Morgan fingerprint density at radius 1 is 1.10 bits per heavy atom. The first-order chi connectivity index (χ1) is 10.0. The third-order valence-corrected chi connectivity index (χ3v) is 4.65. The van der Waals surface area contributed by atoms with Crippen LogP contribution in [0.3, 0.4) is 0 Å². The lowest BCUT2D eigenvalue weighted by atomic mass is 10.1. The van der Waals surface area contributed by atoms with E-state index >= 15 is 0 Å². The van der Waals surface area contributed by atoms with Crippen LogP contribution in [0.15, 0.2) is 27.1 Å². The van der Waals surface area contributed by atoms with Crippen molar-refractivity contribution in [3.8, 4) is 5.75 Å². The fourth-order valence-corrected chi connectivity index (χ4v) is 2.45. The predicted octanol–water partition coefficient (Wildman–Crippen LogP) is 4.66. The quantitative estimate of drug-likeness (QED) is 0.821. The van der Waals surface area contributed by atoms with Crippen LogP contribution in [0.4, 0.5) is 0 Å². The Balaban J connectivity index is 2.03. The predicted molar refractivity (Wildman–Crippen MR) is 88.8 cm³/mol. The van der Waals surface area contributed by atoms with Crippen LogP contribution in [-0.4, -0.2) is 6.54 Å². The summed E-state index contributed by atoms with van der Waals surface area (Å²) in [6.45, 7) is 10.4. The van der Waals surface area contributed by atoms with Crippen LogP contribution in [0.25, 0.3) is 0 Å². The van der Waals surface area contributed by atoms with Crippen LogP contribution in [0.2, 0.25) is 0 Å². The smallest absolute Gasteiger partial charge is 0.146 e. The van der Waals surface area contributed by atoms with E-state index in [2.05, 4.69) is 48.9 Å². The number of benzene rings is 1. The first kappa shape index (κ1) is 16.1. The average molecular weight is 352 g/mol. The van der Waals surface area contributed by atoms with Gasteiger partial charge in [0.1, 0.15) is 23.9 Å². The van der Waals surface area contributed by atoms with Gasteiger partial charge in [-0.05, 0) is 62.2 Å². The first-order valence-electron chi connectivity index (χ1n) is 7.19. The molecule has 114 valence electrons. The van der Waals surface area contributed by atoms with Crippen molar-refractivity contribution < 1.29 is 9.15 Å². The maximum absolute atomic E-state index is 5.85. The maximum Gasteiger partial charge on any atom is 0.146 e. The maximum atomic E-state index is 5.85. The molecule has 0 atom stereocenters. The van der Waals surface area contributed by atoms with Crippen molar-refractivity contribution in [2.45, 2.75) is 40.8 Å². The van der Waals surface area contributed by atoms with Gasteiger partial charge in [-0.2, -0.15) is 0 Å². The van der Waals surface area contributed by atoms with E-state index in [0.717, 1.165) is 40.4 Å². The van der Waals surface area contributed by atoms with Gasteiger partial charge in [0.05, 0.1) is 6.54 Å². The third kappa shape index (κ3) is 4.11. The van der Waals surface area contributed by atoms with Gasteiger partial charge in [-0.1, -0.05) is 22.9 Å². The highest BCUT2D eigenvalue weighted by atomic mass is 79.9. The van der Waals surface area contributed by atoms with E-state index in [0.29, 0.717) is 6.61 Å². The minimum Gasteiger partial charge on any atom is -0.486 e. The summed E-state index contributed by atoms with van der Waals surface area (Å²) in [7, 11) is 0. The Hall–Kier alpha value is -1.26. The van der Waals surface area contributed by atoms with Gasteiger partial charge in [-0.15, -0.1) is 0 Å². The summed E-state index contributed by atoms with van der Waals surface area (Å²) in [6.07, 6.45) is 0. The minimum absolute atomic E-state index is 0.452. The van der Waals surface area contributed by atoms with Crippen LogP contribution in [-0.2, 0) is 13.2 Å². The van der Waals surface area contributed by atoms with Crippen molar-refractivity contribution in [1.82, 2.24) is 5.32 Å². The normalized spacial score (nSPS) is 10.9. The number of furan rings is 1. The second kappa shape index (κ2) is 7.14. The number of rotatable bonds is 6. The summed E-state index contributed by atoms with van der Waals surface area (Å²) in [5.74, 6) is 2.72. The second-order valence-electron chi connectivity index (χ2n) is 5.26. The molecule has 0 radical (unpaired) electrons. The summed E-state index contributed by atoms with van der Waals surface area (Å²) >= 11 is 3.57. The van der Waals surface area contributed by atoms with E-state index in [1.807, 2.05) is 18.2 Å². The van der Waals surface area contributed by atoms with E-state index in [9.17, 15) is 0 Å². The number of hydrogen-bond acceptors (Lipinski definition) is 3. The van der Waals surface area contributed by atoms with Gasteiger partial charge >= 0.3 is 0 Å². The van der Waals surface area contributed by atoms with E-state index in [-0.39, 0.29) is 0 Å². The molecule has 21 heavy (non-hydrogen) atoms. The lowest BCUT2D eigenvalue weighted by Crippen LogP contribution is -2.11. The van der Waals surface area contributed by atoms with Crippen LogP contribution >= 0.6 is 15.9 Å². The summed E-state index contributed by atoms with van der Waals surface area (Å²) in [5.41, 5.74) is 3.51. The summed E-state index contributed by atoms with van der Waals surface area (Å²) in [5, 5.41) is 3.27. The molecule has 1 aromatic carbocycles. The zero-order valence-electron chi connectivity index (χ0n) is 13.0. The number of halogens is 1. The molecule has 4 heteroatoms. The topological polar surface area (TPSA) is 34.4 Å². The Labute approximate surface area is 134 Å². The zero-order chi connectivity index (χ0) is 15.4. The highest BCUT2D eigenvalue weighted by Gasteiger charge is 2.09.